The Kier molecular flexibility index (Phi) is 4.66. The molecule has 1 amide bonds. The normalized spacial score (nSPS) is 10.7. The van der Waals surface area contributed by atoms with E-state index in [1.54, 1.807) is 25.2 Å². The van der Waals surface area contributed by atoms with E-state index in [1.165, 1.54) is 6.20 Å². The van der Waals surface area contributed by atoms with Crippen LogP contribution in [0.1, 0.15) is 10.4 Å². The van der Waals surface area contributed by atoms with E-state index in [2.05, 4.69) is 20.6 Å². The van der Waals surface area contributed by atoms with E-state index in [9.17, 15) is 14.8 Å². The van der Waals surface area contributed by atoms with Gasteiger partial charge in [0.2, 0.25) is 0 Å². The number of benzene rings is 2. The molecule has 0 radical (unpaired) electrons. The minimum absolute atomic E-state index is 0.123. The van der Waals surface area contributed by atoms with Crippen LogP contribution >= 0.6 is 0 Å². The molecule has 0 aliphatic heterocycles. The molecular weight excluding hydrogens is 370 g/mol. The van der Waals surface area contributed by atoms with Crippen molar-refractivity contribution in [3.8, 4) is 11.1 Å². The van der Waals surface area contributed by atoms with Crippen molar-refractivity contribution in [1.29, 1.82) is 0 Å². The summed E-state index contributed by atoms with van der Waals surface area (Å²) in [6.07, 6.45) is 1.49. The number of fused-ring (bicyclic) bond motifs is 1. The van der Waals surface area contributed by atoms with Crippen LogP contribution in [-0.4, -0.2) is 32.9 Å². The molecule has 29 heavy (non-hydrogen) atoms. The van der Waals surface area contributed by atoms with Gasteiger partial charge < -0.3 is 15.8 Å². The smallest absolute Gasteiger partial charge is 0.384 e. The van der Waals surface area contributed by atoms with Gasteiger partial charge in [-0.15, -0.1) is 4.73 Å². The first-order valence-corrected chi connectivity index (χ1v) is 8.83. The predicted octanol–water partition coefficient (Wildman–Crippen LogP) is 2.80. The Labute approximate surface area is 165 Å². The van der Waals surface area contributed by atoms with Crippen LogP contribution in [0.25, 0.3) is 22.2 Å². The largest absolute Gasteiger partial charge is 0.422 e. The summed E-state index contributed by atoms with van der Waals surface area (Å²) in [5, 5.41) is 16.0. The van der Waals surface area contributed by atoms with Gasteiger partial charge in [0, 0.05) is 24.5 Å². The first-order chi connectivity index (χ1) is 14.1. The molecule has 0 atom stereocenters. The number of pyridine rings is 1. The second-order valence-corrected chi connectivity index (χ2v) is 6.29. The molecule has 0 saturated carbocycles. The van der Waals surface area contributed by atoms with Crippen molar-refractivity contribution in [2.45, 2.75) is 0 Å². The highest BCUT2D eigenvalue weighted by molar-refractivity contribution is 5.95. The number of anilines is 2. The number of hydrogen-bond acceptors (Lipinski definition) is 6. The Morgan fingerprint density at radius 1 is 1.03 bits per heavy atom. The van der Waals surface area contributed by atoms with Crippen LogP contribution < -0.4 is 16.3 Å². The zero-order valence-electron chi connectivity index (χ0n) is 15.5. The van der Waals surface area contributed by atoms with Crippen LogP contribution in [0.3, 0.4) is 0 Å². The van der Waals surface area contributed by atoms with Crippen molar-refractivity contribution in [2.75, 3.05) is 12.4 Å². The summed E-state index contributed by atoms with van der Waals surface area (Å²) in [6, 6.07) is 18.2. The quantitative estimate of drug-likeness (QED) is 0.465. The molecule has 144 valence electrons. The Bertz CT molecular complexity index is 1270. The van der Waals surface area contributed by atoms with Gasteiger partial charge in [-0.2, -0.15) is 4.98 Å². The highest BCUT2D eigenvalue weighted by atomic mass is 16.5. The summed E-state index contributed by atoms with van der Waals surface area (Å²) in [7, 11) is 1.60. The summed E-state index contributed by atoms with van der Waals surface area (Å²) >= 11 is 0. The van der Waals surface area contributed by atoms with Crippen molar-refractivity contribution < 1.29 is 10.0 Å². The SMILES string of the molecule is CNC(=O)c1cccc(-c2ccc(Nc3nc(=O)n(O)c4ncccc34)cc2)c1. The maximum atomic E-state index is 11.9. The molecule has 2 heterocycles. The van der Waals surface area contributed by atoms with E-state index in [-0.39, 0.29) is 11.6 Å². The van der Waals surface area contributed by atoms with E-state index in [0.717, 1.165) is 11.1 Å². The molecule has 4 rings (SSSR count). The van der Waals surface area contributed by atoms with Crippen LogP contribution in [-0.2, 0) is 0 Å². The fourth-order valence-electron chi connectivity index (χ4n) is 3.01. The molecule has 8 nitrogen and oxygen atoms in total. The number of aromatic nitrogens is 3. The third-order valence-electron chi connectivity index (χ3n) is 4.46. The third-order valence-corrected chi connectivity index (χ3v) is 4.46. The van der Waals surface area contributed by atoms with Gasteiger partial charge in [-0.25, -0.2) is 9.78 Å². The average Bonchev–Trinajstić information content (AvgIpc) is 2.77. The number of amides is 1. The van der Waals surface area contributed by atoms with Gasteiger partial charge >= 0.3 is 5.69 Å². The number of rotatable bonds is 4. The van der Waals surface area contributed by atoms with E-state index in [0.29, 0.717) is 27.2 Å². The molecule has 0 fully saturated rings. The molecule has 2 aromatic heterocycles. The van der Waals surface area contributed by atoms with Crippen LogP contribution in [0.4, 0.5) is 11.5 Å². The van der Waals surface area contributed by atoms with Crippen molar-refractivity contribution in [1.82, 2.24) is 20.0 Å². The van der Waals surface area contributed by atoms with Crippen LogP contribution in [0, 0.1) is 0 Å². The Morgan fingerprint density at radius 2 is 1.83 bits per heavy atom. The molecular formula is C21H17N5O3. The Hall–Kier alpha value is -4.20. The van der Waals surface area contributed by atoms with Crippen molar-refractivity contribution in [3.63, 3.8) is 0 Å². The van der Waals surface area contributed by atoms with E-state index >= 15 is 0 Å². The fraction of sp³-hybridized carbons (Fsp3) is 0.0476. The zero-order valence-corrected chi connectivity index (χ0v) is 15.5. The number of carbonyl (C=O) groups excluding carboxylic acids is 1. The summed E-state index contributed by atoms with van der Waals surface area (Å²) in [4.78, 5) is 31.6. The number of nitrogens with one attached hydrogen (secondary N) is 2. The van der Waals surface area contributed by atoms with Gasteiger partial charge in [0.25, 0.3) is 5.91 Å². The standard InChI is InChI=1S/C21H17N5O3/c1-22-20(27)15-5-2-4-14(12-15)13-7-9-16(10-8-13)24-18-17-6-3-11-23-19(17)26(29)21(28)25-18/h2-12,29H,1H3,(H,22,27)(H,24,25,28). The number of carbonyl (C=O) groups is 1. The van der Waals surface area contributed by atoms with Gasteiger partial charge in [0.05, 0.1) is 5.39 Å². The summed E-state index contributed by atoms with van der Waals surface area (Å²) in [5.41, 5.74) is 2.45. The highest BCUT2D eigenvalue weighted by Crippen LogP contribution is 2.25. The lowest BCUT2D eigenvalue weighted by Crippen LogP contribution is -2.23. The lowest BCUT2D eigenvalue weighted by molar-refractivity contribution is 0.0963. The van der Waals surface area contributed by atoms with Crippen LogP contribution in [0.15, 0.2) is 71.7 Å². The van der Waals surface area contributed by atoms with Crippen molar-refractivity contribution in [2.24, 2.45) is 0 Å². The second-order valence-electron chi connectivity index (χ2n) is 6.29. The Balaban J connectivity index is 1.65. The molecule has 8 heteroatoms. The van der Waals surface area contributed by atoms with Gasteiger partial charge in [0.15, 0.2) is 5.65 Å². The first-order valence-electron chi connectivity index (χ1n) is 8.83. The van der Waals surface area contributed by atoms with Crippen LogP contribution in [0.5, 0.6) is 0 Å². The topological polar surface area (TPSA) is 109 Å². The monoisotopic (exact) mass is 387 g/mol. The summed E-state index contributed by atoms with van der Waals surface area (Å²) in [6.45, 7) is 0. The molecule has 4 aromatic rings. The number of hydrogen-bond donors (Lipinski definition) is 3. The van der Waals surface area contributed by atoms with Gasteiger partial charge in [-0.3, -0.25) is 4.79 Å². The van der Waals surface area contributed by atoms with E-state index < -0.39 is 5.69 Å². The molecule has 0 saturated heterocycles. The lowest BCUT2D eigenvalue weighted by atomic mass is 10.0. The molecule has 0 spiro atoms. The highest BCUT2D eigenvalue weighted by Gasteiger charge is 2.11. The van der Waals surface area contributed by atoms with Crippen molar-refractivity contribution >= 4 is 28.4 Å². The molecule has 2 aromatic carbocycles. The lowest BCUT2D eigenvalue weighted by Gasteiger charge is -2.10. The van der Waals surface area contributed by atoms with E-state index in [4.69, 9.17) is 0 Å². The van der Waals surface area contributed by atoms with E-state index in [1.807, 2.05) is 42.5 Å². The summed E-state index contributed by atoms with van der Waals surface area (Å²) in [5.74, 6) is 0.160. The molecule has 0 bridgehead atoms. The predicted molar refractivity (Wildman–Crippen MR) is 110 cm³/mol. The minimum atomic E-state index is -0.818. The molecule has 3 N–H and O–H groups in total. The second kappa shape index (κ2) is 7.43. The van der Waals surface area contributed by atoms with Crippen LogP contribution in [0.2, 0.25) is 0 Å². The summed E-state index contributed by atoms with van der Waals surface area (Å²) < 4.78 is 0.420. The maximum absolute atomic E-state index is 11.9. The van der Waals surface area contributed by atoms with Crippen molar-refractivity contribution in [3.05, 3.63) is 82.9 Å². The van der Waals surface area contributed by atoms with Gasteiger partial charge in [0.1, 0.15) is 5.82 Å². The zero-order chi connectivity index (χ0) is 20.4. The van der Waals surface area contributed by atoms with Gasteiger partial charge in [-0.05, 0) is 47.5 Å². The number of nitrogens with zero attached hydrogens (tertiary/aromatic N) is 3. The third kappa shape index (κ3) is 3.51. The first kappa shape index (κ1) is 18.2. The molecule has 0 aliphatic rings. The molecule has 0 unspecified atom stereocenters. The average molecular weight is 387 g/mol. The molecule has 0 aliphatic carbocycles. The maximum Gasteiger partial charge on any atom is 0.384 e. The minimum Gasteiger partial charge on any atom is -0.422 e. The Morgan fingerprint density at radius 3 is 2.59 bits per heavy atom. The fourth-order valence-corrected chi connectivity index (χ4v) is 3.01. The van der Waals surface area contributed by atoms with Gasteiger partial charge in [-0.1, -0.05) is 24.3 Å².